The summed E-state index contributed by atoms with van der Waals surface area (Å²) in [5, 5.41) is 4.67. The lowest BCUT2D eigenvalue weighted by atomic mass is 9.93. The quantitative estimate of drug-likeness (QED) is 0.852. The molecule has 2 aromatic heterocycles. The van der Waals surface area contributed by atoms with Crippen molar-refractivity contribution in [3.8, 4) is 0 Å². The molecule has 0 aliphatic heterocycles. The van der Waals surface area contributed by atoms with Gasteiger partial charge in [0.1, 0.15) is 17.0 Å². The first kappa shape index (κ1) is 14.2. The Hall–Kier alpha value is -1.20. The third-order valence-electron chi connectivity index (χ3n) is 3.86. The molecular formula is C14H22N4S. The van der Waals surface area contributed by atoms with E-state index in [0.29, 0.717) is 6.54 Å². The smallest absolute Gasteiger partial charge is 0.138 e. The summed E-state index contributed by atoms with van der Waals surface area (Å²) in [4.78, 5) is 11.2. The third kappa shape index (κ3) is 2.72. The molecule has 0 fully saturated rings. The predicted molar refractivity (Wildman–Crippen MR) is 82.8 cm³/mol. The van der Waals surface area contributed by atoms with Crippen LogP contribution in [0, 0.1) is 0 Å². The Morgan fingerprint density at radius 2 is 2.00 bits per heavy atom. The molecule has 0 aliphatic rings. The van der Waals surface area contributed by atoms with Crippen molar-refractivity contribution in [1.82, 2.24) is 9.97 Å². The van der Waals surface area contributed by atoms with Gasteiger partial charge in [-0.05, 0) is 25.3 Å². The van der Waals surface area contributed by atoms with Crippen molar-refractivity contribution in [3.63, 3.8) is 0 Å². The molecule has 0 amide bonds. The number of thiophene rings is 1. The lowest BCUT2D eigenvalue weighted by Crippen LogP contribution is -2.44. The average Bonchev–Trinajstić information content (AvgIpc) is 2.89. The van der Waals surface area contributed by atoms with Crippen LogP contribution in [-0.2, 0) is 6.42 Å². The van der Waals surface area contributed by atoms with Crippen LogP contribution in [0.2, 0.25) is 0 Å². The molecule has 4 nitrogen and oxygen atoms in total. The van der Waals surface area contributed by atoms with Crippen LogP contribution >= 0.6 is 11.3 Å². The molecule has 0 bridgehead atoms. The number of aryl methyl sites for hydroxylation is 1. The number of rotatable bonds is 6. The molecule has 3 N–H and O–H groups in total. The largest absolute Gasteiger partial charge is 0.363 e. The number of anilines is 1. The molecule has 0 saturated heterocycles. The number of fused-ring (bicyclic) bond motifs is 1. The zero-order valence-corrected chi connectivity index (χ0v) is 12.7. The number of hydrogen-bond donors (Lipinski definition) is 2. The van der Waals surface area contributed by atoms with E-state index in [2.05, 4.69) is 42.1 Å². The Labute approximate surface area is 118 Å². The summed E-state index contributed by atoms with van der Waals surface area (Å²) in [6.45, 7) is 7.09. The van der Waals surface area contributed by atoms with E-state index in [1.807, 2.05) is 0 Å². The second-order valence-corrected chi connectivity index (χ2v) is 5.94. The van der Waals surface area contributed by atoms with Gasteiger partial charge in [-0.25, -0.2) is 9.97 Å². The molecule has 0 unspecified atom stereocenters. The van der Waals surface area contributed by atoms with Crippen molar-refractivity contribution >= 4 is 27.4 Å². The van der Waals surface area contributed by atoms with Gasteiger partial charge < -0.3 is 11.1 Å². The van der Waals surface area contributed by atoms with Crippen molar-refractivity contribution < 1.29 is 0 Å². The summed E-state index contributed by atoms with van der Waals surface area (Å²) < 4.78 is 0. The molecule has 0 aromatic carbocycles. The van der Waals surface area contributed by atoms with Gasteiger partial charge in [0.25, 0.3) is 0 Å². The molecule has 2 heterocycles. The van der Waals surface area contributed by atoms with E-state index < -0.39 is 0 Å². The van der Waals surface area contributed by atoms with Crippen LogP contribution in [0.5, 0.6) is 0 Å². The van der Waals surface area contributed by atoms with Gasteiger partial charge in [0, 0.05) is 11.4 Å². The number of hydrogen-bond acceptors (Lipinski definition) is 5. The molecule has 0 saturated carbocycles. The minimum absolute atomic E-state index is 0.0738. The molecule has 0 aliphatic carbocycles. The monoisotopic (exact) mass is 278 g/mol. The number of nitrogens with zero attached hydrogens (tertiary/aromatic N) is 2. The third-order valence-corrected chi connectivity index (χ3v) is 5.04. The molecule has 2 rings (SSSR count). The zero-order chi connectivity index (χ0) is 13.9. The molecule has 2 aromatic rings. The van der Waals surface area contributed by atoms with Crippen LogP contribution in [0.25, 0.3) is 10.2 Å². The summed E-state index contributed by atoms with van der Waals surface area (Å²) >= 11 is 1.74. The second kappa shape index (κ2) is 5.84. The van der Waals surface area contributed by atoms with Crippen LogP contribution in [0.1, 0.15) is 38.5 Å². The number of nitrogens with two attached hydrogens (primary N) is 1. The van der Waals surface area contributed by atoms with Gasteiger partial charge in [-0.2, -0.15) is 0 Å². The van der Waals surface area contributed by atoms with E-state index in [1.165, 1.54) is 4.88 Å². The highest BCUT2D eigenvalue weighted by molar-refractivity contribution is 7.18. The Kier molecular flexibility index (Phi) is 4.37. The van der Waals surface area contributed by atoms with Gasteiger partial charge in [0.2, 0.25) is 0 Å². The molecule has 0 atom stereocenters. The minimum atomic E-state index is -0.0738. The van der Waals surface area contributed by atoms with Gasteiger partial charge in [0.05, 0.1) is 10.9 Å². The fourth-order valence-electron chi connectivity index (χ4n) is 2.20. The van der Waals surface area contributed by atoms with Crippen molar-refractivity contribution in [2.24, 2.45) is 5.73 Å². The molecular weight excluding hydrogens is 256 g/mol. The first-order valence-electron chi connectivity index (χ1n) is 6.89. The maximum absolute atomic E-state index is 5.95. The van der Waals surface area contributed by atoms with Crippen LogP contribution in [0.3, 0.4) is 0 Å². The first-order valence-corrected chi connectivity index (χ1v) is 7.71. The van der Waals surface area contributed by atoms with Crippen molar-refractivity contribution in [3.05, 3.63) is 17.3 Å². The molecule has 0 radical (unpaired) electrons. The topological polar surface area (TPSA) is 63.8 Å². The Morgan fingerprint density at radius 3 is 2.58 bits per heavy atom. The SMILES string of the molecule is CCc1cc2c(NC(CC)(CC)CN)ncnc2s1. The van der Waals surface area contributed by atoms with Gasteiger partial charge >= 0.3 is 0 Å². The van der Waals surface area contributed by atoms with Gasteiger partial charge in [0.15, 0.2) is 0 Å². The Morgan fingerprint density at radius 1 is 1.26 bits per heavy atom. The molecule has 0 spiro atoms. The average molecular weight is 278 g/mol. The lowest BCUT2D eigenvalue weighted by molar-refractivity contribution is 0.444. The Bertz CT molecular complexity index is 537. The maximum atomic E-state index is 5.95. The van der Waals surface area contributed by atoms with Crippen LogP contribution in [0.4, 0.5) is 5.82 Å². The van der Waals surface area contributed by atoms with E-state index in [9.17, 15) is 0 Å². The van der Waals surface area contributed by atoms with Crippen LogP contribution in [0.15, 0.2) is 12.4 Å². The molecule has 19 heavy (non-hydrogen) atoms. The lowest BCUT2D eigenvalue weighted by Gasteiger charge is -2.32. The maximum Gasteiger partial charge on any atom is 0.138 e. The van der Waals surface area contributed by atoms with Crippen molar-refractivity contribution in [2.45, 2.75) is 45.6 Å². The zero-order valence-electron chi connectivity index (χ0n) is 11.9. The van der Waals surface area contributed by atoms with Gasteiger partial charge in [-0.3, -0.25) is 0 Å². The minimum Gasteiger partial charge on any atom is -0.363 e. The van der Waals surface area contributed by atoms with E-state index in [-0.39, 0.29) is 5.54 Å². The fourth-order valence-corrected chi connectivity index (χ4v) is 3.13. The summed E-state index contributed by atoms with van der Waals surface area (Å²) in [6, 6.07) is 2.19. The van der Waals surface area contributed by atoms with Crippen molar-refractivity contribution in [1.29, 1.82) is 0 Å². The standard InChI is InChI=1S/C14H22N4S/c1-4-10-7-11-12(16-9-17-13(11)19-10)18-14(5-2,6-3)8-15/h7,9H,4-6,8,15H2,1-3H3,(H,16,17,18). The Balaban J connectivity index is 2.42. The van der Waals surface area contributed by atoms with Gasteiger partial charge in [-0.15, -0.1) is 11.3 Å². The molecule has 104 valence electrons. The summed E-state index contributed by atoms with van der Waals surface area (Å²) in [5.74, 6) is 0.912. The van der Waals surface area contributed by atoms with E-state index in [4.69, 9.17) is 5.73 Å². The van der Waals surface area contributed by atoms with E-state index in [1.54, 1.807) is 17.7 Å². The second-order valence-electron chi connectivity index (χ2n) is 4.82. The summed E-state index contributed by atoms with van der Waals surface area (Å²) in [6.07, 6.45) is 4.63. The summed E-state index contributed by atoms with van der Waals surface area (Å²) in [5.41, 5.74) is 5.87. The highest BCUT2D eigenvalue weighted by atomic mass is 32.1. The first-order chi connectivity index (χ1) is 9.18. The highest BCUT2D eigenvalue weighted by Gasteiger charge is 2.25. The van der Waals surface area contributed by atoms with E-state index in [0.717, 1.165) is 35.3 Å². The highest BCUT2D eigenvalue weighted by Crippen LogP contribution is 2.31. The van der Waals surface area contributed by atoms with Crippen molar-refractivity contribution in [2.75, 3.05) is 11.9 Å². The van der Waals surface area contributed by atoms with Crippen LogP contribution < -0.4 is 11.1 Å². The predicted octanol–water partition coefficient (Wildman–Crippen LogP) is 3.18. The summed E-state index contributed by atoms with van der Waals surface area (Å²) in [7, 11) is 0. The van der Waals surface area contributed by atoms with Crippen LogP contribution in [-0.4, -0.2) is 22.1 Å². The number of nitrogens with one attached hydrogen (secondary N) is 1. The normalized spacial score (nSPS) is 12.0. The molecule has 5 heteroatoms. The van der Waals surface area contributed by atoms with Gasteiger partial charge in [-0.1, -0.05) is 20.8 Å². The fraction of sp³-hybridized carbons (Fsp3) is 0.571. The number of aromatic nitrogens is 2. The van der Waals surface area contributed by atoms with E-state index >= 15 is 0 Å².